The van der Waals surface area contributed by atoms with E-state index in [1.165, 1.54) is 0 Å². The molecule has 0 fully saturated rings. The molecule has 0 amide bonds. The molecule has 0 bridgehead atoms. The molecule has 0 aliphatic carbocycles. The van der Waals surface area contributed by atoms with E-state index in [9.17, 15) is 4.79 Å². The van der Waals surface area contributed by atoms with Crippen LogP contribution in [-0.2, 0) is 0 Å². The second kappa shape index (κ2) is 5.21. The summed E-state index contributed by atoms with van der Waals surface area (Å²) in [5.41, 5.74) is 0.363. The highest BCUT2D eigenvalue weighted by Gasteiger charge is 2.37. The van der Waals surface area contributed by atoms with Gasteiger partial charge in [-0.1, -0.05) is 13.8 Å². The first kappa shape index (κ1) is 13.9. The molecule has 1 aliphatic rings. The largest absolute Gasteiger partial charge is 0.497 e. The minimum atomic E-state index is -0.245. The Kier molecular flexibility index (Phi) is 3.80. The molecule has 4 nitrogen and oxygen atoms in total. The predicted molar refractivity (Wildman–Crippen MR) is 71.8 cm³/mol. The number of ketones is 1. The molecule has 4 heteroatoms. The maximum absolute atomic E-state index is 12.2. The number of carbonyl (C=O) groups is 1. The van der Waals surface area contributed by atoms with Crippen LogP contribution in [0.15, 0.2) is 18.2 Å². The number of Topliss-reactive ketones (excluding diaryl/α,β-unsaturated/α-hetero) is 1. The van der Waals surface area contributed by atoms with Crippen molar-refractivity contribution >= 4 is 5.78 Å². The molecule has 0 unspecified atom stereocenters. The predicted octanol–water partition coefficient (Wildman–Crippen LogP) is 2.44. The molecule has 19 heavy (non-hydrogen) atoms. The van der Waals surface area contributed by atoms with Crippen LogP contribution in [0.4, 0.5) is 0 Å². The number of ether oxygens (including phenoxy) is 2. The maximum Gasteiger partial charge on any atom is 0.170 e. The van der Waals surface area contributed by atoms with Crippen molar-refractivity contribution in [3.05, 3.63) is 23.8 Å². The van der Waals surface area contributed by atoms with Crippen LogP contribution in [0.3, 0.4) is 0 Å². The fraction of sp³-hybridized carbons (Fsp3) is 0.533. The monoisotopic (exact) mass is 264 g/mol. The molecule has 0 saturated heterocycles. The van der Waals surface area contributed by atoms with Crippen molar-refractivity contribution in [3.8, 4) is 11.5 Å². The summed E-state index contributed by atoms with van der Waals surface area (Å²) in [5.74, 6) is 1.33. The first-order chi connectivity index (χ1) is 8.97. The van der Waals surface area contributed by atoms with Crippen LogP contribution in [0.2, 0.25) is 0 Å². The Morgan fingerprint density at radius 2 is 2.21 bits per heavy atom. The van der Waals surface area contributed by atoms with E-state index in [2.05, 4.69) is 0 Å². The van der Waals surface area contributed by atoms with Crippen LogP contribution >= 0.6 is 0 Å². The zero-order valence-electron chi connectivity index (χ0n) is 11.6. The van der Waals surface area contributed by atoms with Gasteiger partial charge >= 0.3 is 0 Å². The minimum absolute atomic E-state index is 0.0833. The molecule has 0 radical (unpaired) electrons. The first-order valence-corrected chi connectivity index (χ1v) is 6.46. The first-order valence-electron chi connectivity index (χ1n) is 6.46. The number of aliphatic hydroxyl groups is 1. The van der Waals surface area contributed by atoms with Gasteiger partial charge in [0.1, 0.15) is 17.6 Å². The highest BCUT2D eigenvalue weighted by molar-refractivity contribution is 6.00. The topological polar surface area (TPSA) is 55.8 Å². The van der Waals surface area contributed by atoms with Gasteiger partial charge in [0.2, 0.25) is 0 Å². The van der Waals surface area contributed by atoms with Crippen molar-refractivity contribution in [2.24, 2.45) is 5.41 Å². The highest BCUT2D eigenvalue weighted by Crippen LogP contribution is 2.38. The summed E-state index contributed by atoms with van der Waals surface area (Å²) in [4.78, 5) is 12.2. The number of carbonyl (C=O) groups excluding carboxylic acids is 1. The van der Waals surface area contributed by atoms with Gasteiger partial charge in [0.15, 0.2) is 5.78 Å². The Morgan fingerprint density at radius 1 is 1.47 bits per heavy atom. The summed E-state index contributed by atoms with van der Waals surface area (Å²) < 4.78 is 11.1. The molecule has 1 N–H and O–H groups in total. The molecule has 0 aromatic heterocycles. The Bertz CT molecular complexity index is 479. The Hall–Kier alpha value is -1.55. The molecule has 104 valence electrons. The number of rotatable bonds is 4. The summed E-state index contributed by atoms with van der Waals surface area (Å²) in [6.07, 6.45) is 0.739. The van der Waals surface area contributed by atoms with Gasteiger partial charge in [-0.3, -0.25) is 4.79 Å². The van der Waals surface area contributed by atoms with Crippen LogP contribution < -0.4 is 9.47 Å². The fourth-order valence-corrected chi connectivity index (χ4v) is 2.32. The molecule has 1 heterocycles. The van der Waals surface area contributed by atoms with Crippen LogP contribution in [0.1, 0.15) is 37.0 Å². The Balaban J connectivity index is 2.29. The summed E-state index contributed by atoms with van der Waals surface area (Å²) in [6, 6.07) is 5.25. The molecule has 0 saturated carbocycles. The van der Waals surface area contributed by atoms with Gasteiger partial charge in [-0.2, -0.15) is 0 Å². The van der Waals surface area contributed by atoms with E-state index < -0.39 is 0 Å². The minimum Gasteiger partial charge on any atom is -0.497 e. The van der Waals surface area contributed by atoms with E-state index in [0.29, 0.717) is 29.9 Å². The van der Waals surface area contributed by atoms with Crippen molar-refractivity contribution < 1.29 is 19.4 Å². The lowest BCUT2D eigenvalue weighted by Crippen LogP contribution is -2.40. The van der Waals surface area contributed by atoms with Gasteiger partial charge in [0.05, 0.1) is 12.7 Å². The maximum atomic E-state index is 12.2. The van der Waals surface area contributed by atoms with Crippen LogP contribution in [-0.4, -0.2) is 30.7 Å². The van der Waals surface area contributed by atoms with E-state index in [0.717, 1.165) is 0 Å². The fourth-order valence-electron chi connectivity index (χ4n) is 2.32. The number of hydrogen-bond donors (Lipinski definition) is 1. The third-order valence-corrected chi connectivity index (χ3v) is 3.76. The third kappa shape index (κ3) is 2.73. The standard InChI is InChI=1S/C15H20O4/c1-15(2,6-7-16)14-9-12(17)11-5-4-10(18-3)8-13(11)19-14/h4-5,8,14,16H,6-7,9H2,1-3H3/t14-/m0/s1. The van der Waals surface area contributed by atoms with E-state index in [4.69, 9.17) is 14.6 Å². The molecular weight excluding hydrogens is 244 g/mol. The smallest absolute Gasteiger partial charge is 0.170 e. The zero-order valence-corrected chi connectivity index (χ0v) is 11.6. The number of benzene rings is 1. The van der Waals surface area contributed by atoms with Crippen molar-refractivity contribution in [2.45, 2.75) is 32.8 Å². The van der Waals surface area contributed by atoms with Crippen molar-refractivity contribution in [2.75, 3.05) is 13.7 Å². The molecule has 0 spiro atoms. The molecular formula is C15H20O4. The highest BCUT2D eigenvalue weighted by atomic mass is 16.5. The zero-order chi connectivity index (χ0) is 14.0. The SMILES string of the molecule is COc1ccc2c(c1)O[C@H](C(C)(C)CCO)CC2=O. The molecule has 1 atom stereocenters. The van der Waals surface area contributed by atoms with Crippen LogP contribution in [0, 0.1) is 5.41 Å². The Morgan fingerprint density at radius 3 is 2.84 bits per heavy atom. The average molecular weight is 264 g/mol. The van der Waals surface area contributed by atoms with Gasteiger partial charge in [-0.05, 0) is 18.6 Å². The van der Waals surface area contributed by atoms with Crippen LogP contribution in [0.5, 0.6) is 11.5 Å². The normalized spacial score (nSPS) is 18.7. The summed E-state index contributed by atoms with van der Waals surface area (Å²) in [5, 5.41) is 9.12. The third-order valence-electron chi connectivity index (χ3n) is 3.76. The van der Waals surface area contributed by atoms with Gasteiger partial charge in [-0.15, -0.1) is 0 Å². The van der Waals surface area contributed by atoms with E-state index in [1.54, 1.807) is 25.3 Å². The number of methoxy groups -OCH3 is 1. The lowest BCUT2D eigenvalue weighted by Gasteiger charge is -2.37. The van der Waals surface area contributed by atoms with Crippen molar-refractivity contribution in [3.63, 3.8) is 0 Å². The summed E-state index contributed by atoms with van der Waals surface area (Å²) >= 11 is 0. The van der Waals surface area contributed by atoms with Gasteiger partial charge in [-0.25, -0.2) is 0 Å². The molecule has 2 rings (SSSR count). The lowest BCUT2D eigenvalue weighted by atomic mass is 9.79. The Labute approximate surface area is 113 Å². The second-order valence-electron chi connectivity index (χ2n) is 5.56. The van der Waals surface area contributed by atoms with E-state index in [1.807, 2.05) is 13.8 Å². The lowest BCUT2D eigenvalue weighted by molar-refractivity contribution is 0.0337. The number of hydrogen-bond acceptors (Lipinski definition) is 4. The van der Waals surface area contributed by atoms with Crippen LogP contribution in [0.25, 0.3) is 0 Å². The van der Waals surface area contributed by atoms with Crippen molar-refractivity contribution in [1.82, 2.24) is 0 Å². The average Bonchev–Trinajstić information content (AvgIpc) is 2.37. The molecule has 1 aromatic rings. The second-order valence-corrected chi connectivity index (χ2v) is 5.56. The van der Waals surface area contributed by atoms with E-state index >= 15 is 0 Å². The molecule has 1 aromatic carbocycles. The van der Waals surface area contributed by atoms with Gasteiger partial charge in [0.25, 0.3) is 0 Å². The summed E-state index contributed by atoms with van der Waals surface area (Å²) in [7, 11) is 1.58. The van der Waals surface area contributed by atoms with Gasteiger partial charge < -0.3 is 14.6 Å². The van der Waals surface area contributed by atoms with Crippen molar-refractivity contribution in [1.29, 1.82) is 0 Å². The van der Waals surface area contributed by atoms with E-state index in [-0.39, 0.29) is 23.9 Å². The van der Waals surface area contributed by atoms with Gasteiger partial charge in [0, 0.05) is 24.5 Å². The quantitative estimate of drug-likeness (QED) is 0.907. The summed E-state index contributed by atoms with van der Waals surface area (Å²) in [6.45, 7) is 4.10. The number of aliphatic hydroxyl groups excluding tert-OH is 1. The molecule has 1 aliphatic heterocycles. The number of fused-ring (bicyclic) bond motifs is 1.